The second-order valence-corrected chi connectivity index (χ2v) is 6.57. The lowest BCUT2D eigenvalue weighted by Gasteiger charge is -2.13. The van der Waals surface area contributed by atoms with Crippen LogP contribution in [0.15, 0.2) is 47.4 Å². The largest absolute Gasteiger partial charge is 0.496 e. The van der Waals surface area contributed by atoms with Crippen molar-refractivity contribution < 1.29 is 13.9 Å². The average molecular weight is 365 g/mol. The van der Waals surface area contributed by atoms with Gasteiger partial charge >= 0.3 is 0 Å². The van der Waals surface area contributed by atoms with Crippen molar-refractivity contribution >= 4 is 41.0 Å². The Balaban J connectivity index is 1.80. The summed E-state index contributed by atoms with van der Waals surface area (Å²) < 4.78 is 19.0. The number of amides is 1. The zero-order valence-electron chi connectivity index (χ0n) is 12.7. The maximum absolute atomic E-state index is 13.7. The molecule has 1 heterocycles. The average Bonchev–Trinajstić information content (AvgIpc) is 2.89. The summed E-state index contributed by atoms with van der Waals surface area (Å²) in [6.45, 7) is 0. The molecule has 1 amide bonds. The van der Waals surface area contributed by atoms with Gasteiger partial charge in [-0.15, -0.1) is 0 Å². The van der Waals surface area contributed by atoms with E-state index in [0.717, 1.165) is 0 Å². The third-order valence-corrected chi connectivity index (χ3v) is 4.63. The SMILES string of the molecule is COc1ccc(Cl)cc1/C=C1\SC(Nc2ccccc2F)NC1=O. The predicted octanol–water partition coefficient (Wildman–Crippen LogP) is 4.09. The molecule has 1 aliphatic heterocycles. The third kappa shape index (κ3) is 3.66. The number of hydrogen-bond acceptors (Lipinski definition) is 4. The van der Waals surface area contributed by atoms with E-state index in [0.29, 0.717) is 26.9 Å². The van der Waals surface area contributed by atoms with Crippen LogP contribution >= 0.6 is 23.4 Å². The van der Waals surface area contributed by atoms with Gasteiger partial charge in [0.05, 0.1) is 17.7 Å². The van der Waals surface area contributed by atoms with Crippen LogP contribution in [-0.2, 0) is 4.79 Å². The number of anilines is 1. The van der Waals surface area contributed by atoms with Gasteiger partial charge in [-0.05, 0) is 36.4 Å². The van der Waals surface area contributed by atoms with E-state index < -0.39 is 5.50 Å². The molecule has 0 saturated carbocycles. The summed E-state index contributed by atoms with van der Waals surface area (Å²) in [6.07, 6.45) is 1.70. The summed E-state index contributed by atoms with van der Waals surface area (Å²) in [7, 11) is 1.55. The van der Waals surface area contributed by atoms with Crippen LogP contribution in [0, 0.1) is 5.82 Å². The highest BCUT2D eigenvalue weighted by atomic mass is 35.5. The van der Waals surface area contributed by atoms with Crippen LogP contribution in [-0.4, -0.2) is 18.5 Å². The van der Waals surface area contributed by atoms with Crippen molar-refractivity contribution in [3.8, 4) is 5.75 Å². The van der Waals surface area contributed by atoms with E-state index in [1.807, 2.05) is 0 Å². The first kappa shape index (κ1) is 16.7. The van der Waals surface area contributed by atoms with Gasteiger partial charge in [0, 0.05) is 10.6 Å². The molecular formula is C17H14ClFN2O2S. The van der Waals surface area contributed by atoms with Crippen molar-refractivity contribution in [2.75, 3.05) is 12.4 Å². The fourth-order valence-electron chi connectivity index (χ4n) is 2.24. The molecule has 24 heavy (non-hydrogen) atoms. The van der Waals surface area contributed by atoms with E-state index in [2.05, 4.69) is 10.6 Å². The molecule has 1 fully saturated rings. The van der Waals surface area contributed by atoms with Crippen molar-refractivity contribution in [3.05, 3.63) is 63.8 Å². The fourth-order valence-corrected chi connectivity index (χ4v) is 3.39. The molecule has 0 bridgehead atoms. The molecule has 1 saturated heterocycles. The second-order valence-electron chi connectivity index (χ2n) is 4.99. The lowest BCUT2D eigenvalue weighted by molar-refractivity contribution is -0.116. The highest BCUT2D eigenvalue weighted by Crippen LogP contribution is 2.33. The Morgan fingerprint density at radius 2 is 2.12 bits per heavy atom. The normalized spacial score (nSPS) is 18.5. The van der Waals surface area contributed by atoms with Gasteiger partial charge in [0.15, 0.2) is 5.50 Å². The summed E-state index contributed by atoms with van der Waals surface area (Å²) in [5.74, 6) is 0.00275. The van der Waals surface area contributed by atoms with Gasteiger partial charge in [-0.2, -0.15) is 0 Å². The predicted molar refractivity (Wildman–Crippen MR) is 95.5 cm³/mol. The Morgan fingerprint density at radius 1 is 1.33 bits per heavy atom. The number of hydrogen-bond donors (Lipinski definition) is 2. The third-order valence-electron chi connectivity index (χ3n) is 3.37. The van der Waals surface area contributed by atoms with Gasteiger partial charge in [-0.1, -0.05) is 35.5 Å². The lowest BCUT2D eigenvalue weighted by Crippen LogP contribution is -2.31. The summed E-state index contributed by atoms with van der Waals surface area (Å²) in [6, 6.07) is 11.5. The molecule has 0 aromatic heterocycles. The van der Waals surface area contributed by atoms with Gasteiger partial charge in [-0.25, -0.2) is 4.39 Å². The minimum absolute atomic E-state index is 0.240. The highest BCUT2D eigenvalue weighted by molar-refractivity contribution is 8.05. The molecule has 2 aromatic carbocycles. The Hall–Kier alpha value is -2.18. The number of carbonyl (C=O) groups excluding carboxylic acids is 1. The van der Waals surface area contributed by atoms with Crippen LogP contribution < -0.4 is 15.4 Å². The minimum Gasteiger partial charge on any atom is -0.496 e. The van der Waals surface area contributed by atoms with E-state index in [1.165, 1.54) is 17.8 Å². The Morgan fingerprint density at radius 3 is 2.88 bits per heavy atom. The van der Waals surface area contributed by atoms with Gasteiger partial charge in [0.25, 0.3) is 5.91 Å². The first-order valence-electron chi connectivity index (χ1n) is 7.10. The van der Waals surface area contributed by atoms with Gasteiger partial charge in [0.2, 0.25) is 0 Å². The topological polar surface area (TPSA) is 50.4 Å². The number of halogens is 2. The molecule has 1 unspecified atom stereocenters. The molecule has 124 valence electrons. The molecule has 0 radical (unpaired) electrons. The smallest absolute Gasteiger partial charge is 0.260 e. The molecule has 2 aromatic rings. The number of para-hydroxylation sites is 1. The number of carbonyl (C=O) groups is 1. The molecule has 0 spiro atoms. The number of rotatable bonds is 4. The molecule has 1 aliphatic rings. The second kappa shape index (κ2) is 7.15. The maximum Gasteiger partial charge on any atom is 0.260 e. The van der Waals surface area contributed by atoms with E-state index in [1.54, 1.807) is 49.6 Å². The van der Waals surface area contributed by atoms with E-state index in [9.17, 15) is 9.18 Å². The van der Waals surface area contributed by atoms with Crippen LogP contribution in [0.4, 0.5) is 10.1 Å². The standard InChI is InChI=1S/C17H14ClFN2O2S/c1-23-14-7-6-11(18)8-10(14)9-15-16(22)21-17(24-15)20-13-5-3-2-4-12(13)19/h2-9,17,20H,1H3,(H,21,22)/b15-9-. The molecule has 4 nitrogen and oxygen atoms in total. The van der Waals surface area contributed by atoms with Crippen LogP contribution in [0.1, 0.15) is 5.56 Å². The molecular weight excluding hydrogens is 351 g/mol. The summed E-state index contributed by atoms with van der Waals surface area (Å²) in [5.41, 5.74) is 0.580. The number of ether oxygens (including phenoxy) is 1. The highest BCUT2D eigenvalue weighted by Gasteiger charge is 2.28. The van der Waals surface area contributed by atoms with Gasteiger partial charge < -0.3 is 15.4 Å². The van der Waals surface area contributed by atoms with Crippen LogP contribution in [0.5, 0.6) is 5.75 Å². The van der Waals surface area contributed by atoms with Crippen molar-refractivity contribution in [2.45, 2.75) is 5.50 Å². The molecule has 1 atom stereocenters. The number of benzene rings is 2. The monoisotopic (exact) mass is 364 g/mol. The molecule has 2 N–H and O–H groups in total. The van der Waals surface area contributed by atoms with Crippen LogP contribution in [0.25, 0.3) is 6.08 Å². The number of methoxy groups -OCH3 is 1. The quantitative estimate of drug-likeness (QED) is 0.802. The summed E-state index contributed by atoms with van der Waals surface area (Å²) in [4.78, 5) is 12.6. The summed E-state index contributed by atoms with van der Waals surface area (Å²) >= 11 is 7.27. The van der Waals surface area contributed by atoms with E-state index in [-0.39, 0.29) is 11.7 Å². The lowest BCUT2D eigenvalue weighted by atomic mass is 10.2. The van der Waals surface area contributed by atoms with E-state index in [4.69, 9.17) is 16.3 Å². The van der Waals surface area contributed by atoms with Gasteiger partial charge in [-0.3, -0.25) is 4.79 Å². The molecule has 7 heteroatoms. The van der Waals surface area contributed by atoms with Crippen molar-refractivity contribution in [1.82, 2.24) is 5.32 Å². The number of nitrogens with one attached hydrogen (secondary N) is 2. The van der Waals surface area contributed by atoms with Gasteiger partial charge in [0.1, 0.15) is 11.6 Å². The van der Waals surface area contributed by atoms with Crippen LogP contribution in [0.2, 0.25) is 5.02 Å². The van der Waals surface area contributed by atoms with Crippen molar-refractivity contribution in [2.24, 2.45) is 0 Å². The Kier molecular flexibility index (Phi) is 4.97. The minimum atomic E-state index is -0.453. The Bertz CT molecular complexity index is 813. The summed E-state index contributed by atoms with van der Waals surface area (Å²) in [5, 5.41) is 6.26. The van der Waals surface area contributed by atoms with Crippen LogP contribution in [0.3, 0.4) is 0 Å². The Labute approximate surface area is 148 Å². The zero-order valence-corrected chi connectivity index (χ0v) is 14.2. The molecule has 0 aliphatic carbocycles. The first-order chi connectivity index (χ1) is 11.6. The first-order valence-corrected chi connectivity index (χ1v) is 8.36. The zero-order chi connectivity index (χ0) is 17.1. The molecule has 3 rings (SSSR count). The maximum atomic E-state index is 13.7. The van der Waals surface area contributed by atoms with Crippen molar-refractivity contribution in [3.63, 3.8) is 0 Å². The van der Waals surface area contributed by atoms with Crippen molar-refractivity contribution in [1.29, 1.82) is 0 Å². The fraction of sp³-hybridized carbons (Fsp3) is 0.118. The van der Waals surface area contributed by atoms with E-state index >= 15 is 0 Å². The number of thioether (sulfide) groups is 1.